The first-order chi connectivity index (χ1) is 12.1. The molecular formula is C18H12N2O5. The molecule has 0 saturated heterocycles. The number of hydrogen-bond donors (Lipinski definition) is 1. The highest BCUT2D eigenvalue weighted by Crippen LogP contribution is 2.42. The molecule has 1 aromatic heterocycles. The van der Waals surface area contributed by atoms with Crippen molar-refractivity contribution < 1.29 is 14.5 Å². The van der Waals surface area contributed by atoms with Crippen molar-refractivity contribution in [2.75, 3.05) is 0 Å². The van der Waals surface area contributed by atoms with E-state index in [1.165, 1.54) is 6.07 Å². The second-order valence-electron chi connectivity index (χ2n) is 5.79. The molecule has 2 aromatic carbocycles. The Morgan fingerprint density at radius 1 is 1.08 bits per heavy atom. The average Bonchev–Trinajstić information content (AvgIpc) is 2.61. The molecule has 0 aliphatic carbocycles. The van der Waals surface area contributed by atoms with Crippen LogP contribution in [0.5, 0.6) is 5.75 Å². The van der Waals surface area contributed by atoms with Gasteiger partial charge in [0.2, 0.25) is 0 Å². The van der Waals surface area contributed by atoms with E-state index in [0.717, 1.165) is 0 Å². The van der Waals surface area contributed by atoms with E-state index in [2.05, 4.69) is 4.98 Å². The van der Waals surface area contributed by atoms with Gasteiger partial charge >= 0.3 is 5.97 Å². The van der Waals surface area contributed by atoms with Crippen LogP contribution in [0.2, 0.25) is 0 Å². The summed E-state index contributed by atoms with van der Waals surface area (Å²) in [4.78, 5) is 38.4. The van der Waals surface area contributed by atoms with Crippen LogP contribution < -0.4 is 10.3 Å². The second-order valence-corrected chi connectivity index (χ2v) is 5.79. The van der Waals surface area contributed by atoms with Crippen LogP contribution in [-0.2, 0) is 4.79 Å². The molecule has 0 spiro atoms. The first kappa shape index (κ1) is 15.1. The van der Waals surface area contributed by atoms with E-state index >= 15 is 0 Å². The summed E-state index contributed by atoms with van der Waals surface area (Å²) in [6.07, 6.45) is -0.126. The van der Waals surface area contributed by atoms with Gasteiger partial charge in [0.05, 0.1) is 22.4 Å². The molecule has 0 bridgehead atoms. The van der Waals surface area contributed by atoms with Crippen molar-refractivity contribution in [3.05, 3.63) is 80.1 Å². The van der Waals surface area contributed by atoms with Crippen molar-refractivity contribution in [3.63, 3.8) is 0 Å². The fourth-order valence-electron chi connectivity index (χ4n) is 3.29. The minimum absolute atomic E-state index is 0.124. The van der Waals surface area contributed by atoms with Crippen LogP contribution in [0.3, 0.4) is 0 Å². The molecule has 0 fully saturated rings. The molecule has 1 unspecified atom stereocenters. The van der Waals surface area contributed by atoms with Crippen LogP contribution in [0, 0.1) is 10.1 Å². The van der Waals surface area contributed by atoms with Crippen molar-refractivity contribution in [1.82, 2.24) is 4.98 Å². The lowest BCUT2D eigenvalue weighted by Gasteiger charge is -2.24. The minimum atomic E-state index is -0.730. The maximum atomic E-state index is 12.6. The zero-order chi connectivity index (χ0) is 17.6. The number of aromatic nitrogens is 1. The number of benzene rings is 2. The lowest BCUT2D eigenvalue weighted by molar-refractivity contribution is -0.385. The largest absolute Gasteiger partial charge is 0.425 e. The summed E-state index contributed by atoms with van der Waals surface area (Å²) in [7, 11) is 0. The number of H-pyrrole nitrogens is 1. The highest BCUT2D eigenvalue weighted by molar-refractivity contribution is 5.91. The number of nitro groups is 1. The normalized spacial score (nSPS) is 16.3. The molecule has 1 atom stereocenters. The fraction of sp³-hybridized carbons (Fsp3) is 0.111. The number of aromatic amines is 1. The Labute approximate surface area is 141 Å². The number of hydrogen-bond acceptors (Lipinski definition) is 5. The summed E-state index contributed by atoms with van der Waals surface area (Å²) in [6, 6.07) is 13.1. The van der Waals surface area contributed by atoms with Gasteiger partial charge in [-0.25, -0.2) is 0 Å². The van der Waals surface area contributed by atoms with Gasteiger partial charge < -0.3 is 9.72 Å². The molecule has 0 saturated carbocycles. The number of nitrogens with one attached hydrogen (secondary N) is 1. The number of carbonyl (C=O) groups is 1. The van der Waals surface area contributed by atoms with E-state index in [0.29, 0.717) is 16.5 Å². The predicted octanol–water partition coefficient (Wildman–Crippen LogP) is 2.88. The molecule has 7 nitrogen and oxygen atoms in total. The fourth-order valence-corrected chi connectivity index (χ4v) is 3.29. The molecule has 7 heteroatoms. The van der Waals surface area contributed by atoms with Crippen LogP contribution in [0.1, 0.15) is 23.5 Å². The van der Waals surface area contributed by atoms with Crippen molar-refractivity contribution >= 4 is 22.6 Å². The monoisotopic (exact) mass is 336 g/mol. The van der Waals surface area contributed by atoms with Crippen molar-refractivity contribution in [3.8, 4) is 5.75 Å². The molecule has 0 amide bonds. The third kappa shape index (κ3) is 2.37. The summed E-state index contributed by atoms with van der Waals surface area (Å²) in [5.74, 6) is -1.07. The molecule has 1 aliphatic heterocycles. The summed E-state index contributed by atoms with van der Waals surface area (Å²) in [6.45, 7) is 0. The van der Waals surface area contributed by atoms with Gasteiger partial charge in [-0.1, -0.05) is 30.3 Å². The third-order valence-corrected chi connectivity index (χ3v) is 4.35. The van der Waals surface area contributed by atoms with Gasteiger partial charge in [0.1, 0.15) is 5.75 Å². The smallest absolute Gasteiger partial charge is 0.312 e. The van der Waals surface area contributed by atoms with E-state index in [1.54, 1.807) is 42.5 Å². The molecule has 25 heavy (non-hydrogen) atoms. The summed E-state index contributed by atoms with van der Waals surface area (Å²) in [5, 5.41) is 12.0. The van der Waals surface area contributed by atoms with E-state index in [1.807, 2.05) is 0 Å². The number of para-hydroxylation sites is 2. The number of esters is 1. The van der Waals surface area contributed by atoms with Gasteiger partial charge in [0, 0.05) is 22.9 Å². The summed E-state index contributed by atoms with van der Waals surface area (Å²) >= 11 is 0. The Kier molecular flexibility index (Phi) is 3.35. The lowest BCUT2D eigenvalue weighted by Crippen LogP contribution is -2.28. The molecular weight excluding hydrogens is 324 g/mol. The summed E-state index contributed by atoms with van der Waals surface area (Å²) in [5.41, 5.74) is 0.575. The number of pyridine rings is 1. The Bertz CT molecular complexity index is 1090. The minimum Gasteiger partial charge on any atom is -0.425 e. The topological polar surface area (TPSA) is 102 Å². The molecule has 0 radical (unpaired) electrons. The molecule has 124 valence electrons. The van der Waals surface area contributed by atoms with Crippen molar-refractivity contribution in [1.29, 1.82) is 0 Å². The highest BCUT2D eigenvalue weighted by Gasteiger charge is 2.35. The van der Waals surface area contributed by atoms with Gasteiger partial charge in [0.15, 0.2) is 0 Å². The van der Waals surface area contributed by atoms with E-state index < -0.39 is 22.4 Å². The number of carbonyl (C=O) groups excluding carboxylic acids is 1. The Hall–Kier alpha value is -3.48. The standard InChI is InChI=1S/C18H12N2O5/c21-15-9-12(10-5-2-4-8-14(10)20(23)24)16-17(25-15)11-6-1-3-7-13(11)19-18(16)22/h1-8,12H,9H2,(H,19,22). The number of nitrogens with zero attached hydrogens (tertiary/aromatic N) is 1. The predicted molar refractivity (Wildman–Crippen MR) is 89.8 cm³/mol. The van der Waals surface area contributed by atoms with E-state index in [-0.39, 0.29) is 23.4 Å². The van der Waals surface area contributed by atoms with Crippen LogP contribution >= 0.6 is 0 Å². The Morgan fingerprint density at radius 3 is 2.60 bits per heavy atom. The van der Waals surface area contributed by atoms with Crippen LogP contribution in [0.4, 0.5) is 5.69 Å². The van der Waals surface area contributed by atoms with Crippen molar-refractivity contribution in [2.24, 2.45) is 0 Å². The first-order valence-electron chi connectivity index (χ1n) is 7.65. The first-order valence-corrected chi connectivity index (χ1v) is 7.65. The van der Waals surface area contributed by atoms with E-state index in [9.17, 15) is 19.7 Å². The second kappa shape index (κ2) is 5.55. The highest BCUT2D eigenvalue weighted by atomic mass is 16.6. The van der Waals surface area contributed by atoms with Crippen LogP contribution in [0.15, 0.2) is 53.3 Å². The molecule has 1 N–H and O–H groups in total. The SMILES string of the molecule is O=C1CC(c2ccccc2[N+](=O)[O-])c2c(c3ccccc3[nH]c2=O)O1. The number of nitro benzene ring substituents is 1. The molecule has 4 rings (SSSR count). The lowest BCUT2D eigenvalue weighted by atomic mass is 9.85. The summed E-state index contributed by atoms with van der Waals surface area (Å²) < 4.78 is 5.35. The maximum absolute atomic E-state index is 12.6. The van der Waals surface area contributed by atoms with Gasteiger partial charge in [0.25, 0.3) is 11.2 Å². The number of fused-ring (bicyclic) bond motifs is 3. The zero-order valence-corrected chi connectivity index (χ0v) is 12.9. The molecule has 2 heterocycles. The third-order valence-electron chi connectivity index (χ3n) is 4.35. The maximum Gasteiger partial charge on any atom is 0.312 e. The van der Waals surface area contributed by atoms with Gasteiger partial charge in [-0.15, -0.1) is 0 Å². The quantitative estimate of drug-likeness (QED) is 0.440. The van der Waals surface area contributed by atoms with Gasteiger partial charge in [-0.2, -0.15) is 0 Å². The number of rotatable bonds is 2. The average molecular weight is 336 g/mol. The van der Waals surface area contributed by atoms with Gasteiger partial charge in [-0.05, 0) is 12.1 Å². The Morgan fingerprint density at radius 2 is 1.80 bits per heavy atom. The molecule has 1 aliphatic rings. The number of ether oxygens (including phenoxy) is 1. The van der Waals surface area contributed by atoms with Crippen LogP contribution in [-0.4, -0.2) is 15.9 Å². The van der Waals surface area contributed by atoms with Crippen molar-refractivity contribution in [2.45, 2.75) is 12.3 Å². The zero-order valence-electron chi connectivity index (χ0n) is 12.9. The van der Waals surface area contributed by atoms with E-state index in [4.69, 9.17) is 4.74 Å². The van der Waals surface area contributed by atoms with Gasteiger partial charge in [-0.3, -0.25) is 19.7 Å². The molecule has 3 aromatic rings. The van der Waals surface area contributed by atoms with Crippen LogP contribution in [0.25, 0.3) is 10.9 Å². The Balaban J connectivity index is 2.04.